The van der Waals surface area contributed by atoms with Crippen molar-refractivity contribution in [2.24, 2.45) is 5.41 Å². The standard InChI is InChI=1S/C16H22N2O3/c1-4-16(5-2)8-9-17(11-16)15-7-6-13(18(20)21)10-14(15)12(3)19/h6-7,10H,4-5,8-9,11H2,1-3H3. The van der Waals surface area contributed by atoms with E-state index in [1.54, 1.807) is 6.07 Å². The monoisotopic (exact) mass is 290 g/mol. The van der Waals surface area contributed by atoms with E-state index in [2.05, 4.69) is 18.7 Å². The van der Waals surface area contributed by atoms with Gasteiger partial charge in [0.25, 0.3) is 5.69 Å². The molecule has 2 rings (SSSR count). The molecule has 0 saturated carbocycles. The van der Waals surface area contributed by atoms with Crippen LogP contribution in [0, 0.1) is 15.5 Å². The Balaban J connectivity index is 2.36. The van der Waals surface area contributed by atoms with Crippen molar-refractivity contribution in [2.75, 3.05) is 18.0 Å². The number of benzene rings is 1. The smallest absolute Gasteiger partial charge is 0.270 e. The second kappa shape index (κ2) is 5.84. The van der Waals surface area contributed by atoms with Gasteiger partial charge in [0.2, 0.25) is 0 Å². The molecule has 1 fully saturated rings. The quantitative estimate of drug-likeness (QED) is 0.470. The molecule has 0 aliphatic carbocycles. The molecular formula is C16H22N2O3. The van der Waals surface area contributed by atoms with Crippen molar-refractivity contribution in [3.05, 3.63) is 33.9 Å². The molecule has 5 heteroatoms. The van der Waals surface area contributed by atoms with E-state index in [-0.39, 0.29) is 11.5 Å². The predicted octanol–water partition coefficient (Wildman–Crippen LogP) is 3.81. The van der Waals surface area contributed by atoms with Gasteiger partial charge >= 0.3 is 0 Å². The summed E-state index contributed by atoms with van der Waals surface area (Å²) in [5, 5.41) is 10.9. The highest BCUT2D eigenvalue weighted by molar-refractivity contribution is 6.00. The lowest BCUT2D eigenvalue weighted by molar-refractivity contribution is -0.384. The summed E-state index contributed by atoms with van der Waals surface area (Å²) < 4.78 is 0. The average molecular weight is 290 g/mol. The molecule has 0 atom stereocenters. The Bertz CT molecular complexity index is 565. The van der Waals surface area contributed by atoms with Gasteiger partial charge in [-0.3, -0.25) is 14.9 Å². The molecule has 0 N–H and O–H groups in total. The van der Waals surface area contributed by atoms with Crippen LogP contribution in [0.1, 0.15) is 50.4 Å². The molecule has 0 spiro atoms. The van der Waals surface area contributed by atoms with Crippen molar-refractivity contribution in [1.29, 1.82) is 0 Å². The van der Waals surface area contributed by atoms with Crippen LogP contribution < -0.4 is 4.90 Å². The Morgan fingerprint density at radius 3 is 2.52 bits per heavy atom. The molecule has 5 nitrogen and oxygen atoms in total. The Morgan fingerprint density at radius 2 is 2.05 bits per heavy atom. The number of nitro benzene ring substituents is 1. The largest absolute Gasteiger partial charge is 0.370 e. The lowest BCUT2D eigenvalue weighted by Gasteiger charge is -2.28. The van der Waals surface area contributed by atoms with Crippen molar-refractivity contribution in [3.8, 4) is 0 Å². The highest BCUT2D eigenvalue weighted by Gasteiger charge is 2.36. The number of nitro groups is 1. The van der Waals surface area contributed by atoms with Crippen molar-refractivity contribution in [3.63, 3.8) is 0 Å². The molecule has 0 unspecified atom stereocenters. The highest BCUT2D eigenvalue weighted by Crippen LogP contribution is 2.40. The normalized spacial score (nSPS) is 17.0. The van der Waals surface area contributed by atoms with E-state index in [0.717, 1.165) is 38.0 Å². The first kappa shape index (κ1) is 15.5. The van der Waals surface area contributed by atoms with Gasteiger partial charge in [0.1, 0.15) is 0 Å². The highest BCUT2D eigenvalue weighted by atomic mass is 16.6. The van der Waals surface area contributed by atoms with Gasteiger partial charge in [-0.05, 0) is 37.7 Å². The summed E-state index contributed by atoms with van der Waals surface area (Å²) in [5.74, 6) is -0.126. The zero-order valence-electron chi connectivity index (χ0n) is 12.9. The van der Waals surface area contributed by atoms with E-state index in [1.807, 2.05) is 0 Å². The molecule has 1 saturated heterocycles. The maximum atomic E-state index is 11.8. The fourth-order valence-electron chi connectivity index (χ4n) is 3.16. The maximum absolute atomic E-state index is 11.8. The first-order valence-electron chi connectivity index (χ1n) is 7.47. The van der Waals surface area contributed by atoms with Crippen LogP contribution in [0.5, 0.6) is 0 Å². The molecule has 1 aromatic rings. The second-order valence-corrected chi connectivity index (χ2v) is 5.89. The molecule has 1 aliphatic heterocycles. The number of rotatable bonds is 5. The average Bonchev–Trinajstić information content (AvgIpc) is 2.91. The van der Waals surface area contributed by atoms with Crippen LogP contribution >= 0.6 is 0 Å². The zero-order valence-corrected chi connectivity index (χ0v) is 12.9. The number of anilines is 1. The number of carbonyl (C=O) groups excluding carboxylic acids is 1. The van der Waals surface area contributed by atoms with Crippen molar-refractivity contribution in [1.82, 2.24) is 0 Å². The summed E-state index contributed by atoms with van der Waals surface area (Å²) in [4.78, 5) is 24.5. The molecule has 21 heavy (non-hydrogen) atoms. The van der Waals surface area contributed by atoms with Gasteiger partial charge in [-0.2, -0.15) is 0 Å². The minimum Gasteiger partial charge on any atom is -0.370 e. The minimum atomic E-state index is -0.456. The topological polar surface area (TPSA) is 63.4 Å². The van der Waals surface area contributed by atoms with E-state index >= 15 is 0 Å². The third-order valence-electron chi connectivity index (χ3n) is 4.85. The van der Waals surface area contributed by atoms with Crippen LogP contribution in [-0.2, 0) is 0 Å². The van der Waals surface area contributed by atoms with E-state index in [1.165, 1.54) is 19.1 Å². The minimum absolute atomic E-state index is 0.0274. The van der Waals surface area contributed by atoms with Crippen LogP contribution in [0.2, 0.25) is 0 Å². The van der Waals surface area contributed by atoms with Crippen molar-refractivity contribution in [2.45, 2.75) is 40.0 Å². The third-order valence-corrected chi connectivity index (χ3v) is 4.85. The van der Waals surface area contributed by atoms with Crippen LogP contribution in [0.15, 0.2) is 18.2 Å². The summed E-state index contributed by atoms with van der Waals surface area (Å²) in [7, 11) is 0. The van der Waals surface area contributed by atoms with Gasteiger partial charge < -0.3 is 4.90 Å². The first-order valence-corrected chi connectivity index (χ1v) is 7.47. The third kappa shape index (κ3) is 2.91. The summed E-state index contributed by atoms with van der Waals surface area (Å²) in [6, 6.07) is 4.60. The lowest BCUT2D eigenvalue weighted by Crippen LogP contribution is -2.27. The SMILES string of the molecule is CCC1(CC)CCN(c2ccc([N+](=O)[O-])cc2C(C)=O)C1. The molecule has 0 bridgehead atoms. The first-order chi connectivity index (χ1) is 9.92. The summed E-state index contributed by atoms with van der Waals surface area (Å²) in [6.45, 7) is 7.69. The number of hydrogen-bond acceptors (Lipinski definition) is 4. The number of hydrogen-bond donors (Lipinski definition) is 0. The van der Waals surface area contributed by atoms with Gasteiger partial charge in [0.15, 0.2) is 5.78 Å². The summed E-state index contributed by atoms with van der Waals surface area (Å²) >= 11 is 0. The second-order valence-electron chi connectivity index (χ2n) is 5.89. The number of ketones is 1. The number of carbonyl (C=O) groups is 1. The zero-order chi connectivity index (χ0) is 15.6. The van der Waals surface area contributed by atoms with Crippen molar-refractivity contribution >= 4 is 17.2 Å². The summed E-state index contributed by atoms with van der Waals surface area (Å²) in [5.41, 5.74) is 1.56. The van der Waals surface area contributed by atoms with Crippen molar-refractivity contribution < 1.29 is 9.72 Å². The predicted molar refractivity (Wildman–Crippen MR) is 82.9 cm³/mol. The Labute approximate surface area is 125 Å². The fourth-order valence-corrected chi connectivity index (χ4v) is 3.16. The van der Waals surface area contributed by atoms with Crippen LogP contribution in [0.25, 0.3) is 0 Å². The molecular weight excluding hydrogens is 268 g/mol. The number of Topliss-reactive ketones (excluding diaryl/α,β-unsaturated/α-hetero) is 1. The Morgan fingerprint density at radius 1 is 1.38 bits per heavy atom. The number of nitrogens with zero attached hydrogens (tertiary/aromatic N) is 2. The Hall–Kier alpha value is -1.91. The van der Waals surface area contributed by atoms with E-state index in [0.29, 0.717) is 11.0 Å². The van der Waals surface area contributed by atoms with Crippen LogP contribution in [-0.4, -0.2) is 23.8 Å². The number of non-ortho nitro benzene ring substituents is 1. The van der Waals surface area contributed by atoms with E-state index in [4.69, 9.17) is 0 Å². The van der Waals surface area contributed by atoms with Crippen LogP contribution in [0.3, 0.4) is 0 Å². The van der Waals surface area contributed by atoms with Gasteiger partial charge in [-0.15, -0.1) is 0 Å². The lowest BCUT2D eigenvalue weighted by atomic mass is 9.82. The van der Waals surface area contributed by atoms with Gasteiger partial charge in [0.05, 0.1) is 4.92 Å². The fraction of sp³-hybridized carbons (Fsp3) is 0.562. The summed E-state index contributed by atoms with van der Waals surface area (Å²) in [6.07, 6.45) is 3.33. The molecule has 0 radical (unpaired) electrons. The molecule has 0 aromatic heterocycles. The van der Waals surface area contributed by atoms with Crippen LogP contribution in [0.4, 0.5) is 11.4 Å². The molecule has 1 aliphatic rings. The molecule has 0 amide bonds. The van der Waals surface area contributed by atoms with Gasteiger partial charge in [0, 0.05) is 36.5 Å². The maximum Gasteiger partial charge on any atom is 0.270 e. The Kier molecular flexibility index (Phi) is 4.30. The van der Waals surface area contributed by atoms with Gasteiger partial charge in [-0.25, -0.2) is 0 Å². The van der Waals surface area contributed by atoms with E-state index in [9.17, 15) is 14.9 Å². The molecule has 1 aromatic carbocycles. The van der Waals surface area contributed by atoms with Gasteiger partial charge in [-0.1, -0.05) is 13.8 Å². The molecule has 1 heterocycles. The molecule has 114 valence electrons. The van der Waals surface area contributed by atoms with E-state index < -0.39 is 4.92 Å².